The number of anilines is 1. The van der Waals surface area contributed by atoms with Gasteiger partial charge in [0.1, 0.15) is 0 Å². The quantitative estimate of drug-likeness (QED) is 0.516. The lowest BCUT2D eigenvalue weighted by atomic mass is 9.96. The molecular weight excluding hydrogens is 268 g/mol. The van der Waals surface area contributed by atoms with Gasteiger partial charge in [-0.1, -0.05) is 30.3 Å². The second-order valence-electron chi connectivity index (χ2n) is 4.81. The van der Waals surface area contributed by atoms with Crippen molar-refractivity contribution in [2.24, 2.45) is 0 Å². The van der Waals surface area contributed by atoms with Crippen molar-refractivity contribution in [3.8, 4) is 0 Å². The van der Waals surface area contributed by atoms with Crippen molar-refractivity contribution in [3.05, 3.63) is 64.7 Å². The number of nitrogen functional groups attached to an aromatic ring is 1. The lowest BCUT2D eigenvalue weighted by Crippen LogP contribution is -2.24. The summed E-state index contributed by atoms with van der Waals surface area (Å²) in [4.78, 5) is 37.4. The number of ketones is 1. The van der Waals surface area contributed by atoms with Crippen molar-refractivity contribution in [3.63, 3.8) is 0 Å². The van der Waals surface area contributed by atoms with Gasteiger partial charge in [-0.05, 0) is 12.1 Å². The van der Waals surface area contributed by atoms with Crippen LogP contribution in [0, 0.1) is 0 Å². The molecule has 3 rings (SSSR count). The summed E-state index contributed by atoms with van der Waals surface area (Å²) < 4.78 is 0. The van der Waals surface area contributed by atoms with E-state index in [0.29, 0.717) is 5.56 Å². The van der Waals surface area contributed by atoms with E-state index < -0.39 is 11.8 Å². The monoisotopic (exact) mass is 280 g/mol. The minimum atomic E-state index is -0.477. The predicted octanol–water partition coefficient (Wildman–Crippen LogP) is 1.73. The van der Waals surface area contributed by atoms with E-state index in [1.54, 1.807) is 30.3 Å². The number of nitrogens with two attached hydrogens (primary N) is 1. The summed E-state index contributed by atoms with van der Waals surface area (Å²) in [7, 11) is 1.39. The normalized spacial score (nSPS) is 13.5. The Morgan fingerprint density at radius 3 is 2.33 bits per heavy atom. The van der Waals surface area contributed by atoms with Crippen LogP contribution < -0.4 is 5.73 Å². The van der Waals surface area contributed by atoms with Gasteiger partial charge in [-0.2, -0.15) is 0 Å². The summed E-state index contributed by atoms with van der Waals surface area (Å²) in [6.07, 6.45) is 0. The van der Waals surface area contributed by atoms with Crippen LogP contribution in [-0.2, 0) is 0 Å². The molecule has 1 aliphatic rings. The van der Waals surface area contributed by atoms with Gasteiger partial charge in [0.2, 0.25) is 0 Å². The molecule has 0 bridgehead atoms. The Hall–Kier alpha value is -2.95. The third-order valence-corrected chi connectivity index (χ3v) is 3.58. The van der Waals surface area contributed by atoms with Gasteiger partial charge >= 0.3 is 0 Å². The Morgan fingerprint density at radius 2 is 1.67 bits per heavy atom. The van der Waals surface area contributed by atoms with Crippen molar-refractivity contribution in [2.45, 2.75) is 0 Å². The van der Waals surface area contributed by atoms with Gasteiger partial charge in [0.15, 0.2) is 5.78 Å². The van der Waals surface area contributed by atoms with Crippen LogP contribution in [0.2, 0.25) is 0 Å². The molecule has 0 spiro atoms. The number of imide groups is 1. The van der Waals surface area contributed by atoms with Gasteiger partial charge in [-0.25, -0.2) is 0 Å². The molecular formula is C16H12N2O3. The molecule has 0 saturated carbocycles. The highest BCUT2D eigenvalue weighted by atomic mass is 16.2. The molecule has 0 unspecified atom stereocenters. The number of hydrogen-bond donors (Lipinski definition) is 1. The first-order chi connectivity index (χ1) is 10.0. The van der Waals surface area contributed by atoms with E-state index in [0.717, 1.165) is 4.90 Å². The molecule has 2 N–H and O–H groups in total. The highest BCUT2D eigenvalue weighted by molar-refractivity contribution is 6.26. The van der Waals surface area contributed by atoms with Crippen LogP contribution >= 0.6 is 0 Å². The van der Waals surface area contributed by atoms with Gasteiger partial charge < -0.3 is 5.73 Å². The Kier molecular flexibility index (Phi) is 2.83. The maximum Gasteiger partial charge on any atom is 0.263 e. The van der Waals surface area contributed by atoms with Gasteiger partial charge in [-0.3, -0.25) is 19.3 Å². The summed E-state index contributed by atoms with van der Waals surface area (Å²) >= 11 is 0. The predicted molar refractivity (Wildman–Crippen MR) is 77.2 cm³/mol. The zero-order valence-electron chi connectivity index (χ0n) is 11.3. The highest BCUT2D eigenvalue weighted by Crippen LogP contribution is 2.30. The van der Waals surface area contributed by atoms with E-state index in [-0.39, 0.29) is 28.2 Å². The van der Waals surface area contributed by atoms with Crippen LogP contribution in [0.5, 0.6) is 0 Å². The SMILES string of the molecule is CN1C(=O)c2ccc(C(=O)c3ccccc3)c(N)c2C1=O. The van der Waals surface area contributed by atoms with Crippen LogP contribution in [0.15, 0.2) is 42.5 Å². The molecule has 21 heavy (non-hydrogen) atoms. The number of amides is 2. The standard InChI is InChI=1S/C16H12N2O3/c1-18-15(20)10-7-8-11(13(17)12(10)16(18)21)14(19)9-5-3-2-4-6-9/h2-8H,17H2,1H3. The number of benzene rings is 2. The van der Waals surface area contributed by atoms with Crippen LogP contribution in [0.3, 0.4) is 0 Å². The molecule has 1 aliphatic heterocycles. The van der Waals surface area contributed by atoms with Crippen molar-refractivity contribution >= 4 is 23.3 Å². The third-order valence-electron chi connectivity index (χ3n) is 3.58. The van der Waals surface area contributed by atoms with Gasteiger partial charge in [0.25, 0.3) is 11.8 Å². The second-order valence-corrected chi connectivity index (χ2v) is 4.81. The zero-order valence-corrected chi connectivity index (χ0v) is 11.3. The van der Waals surface area contributed by atoms with Crippen LogP contribution in [0.1, 0.15) is 36.6 Å². The van der Waals surface area contributed by atoms with E-state index >= 15 is 0 Å². The zero-order chi connectivity index (χ0) is 15.1. The van der Waals surface area contributed by atoms with E-state index in [9.17, 15) is 14.4 Å². The fourth-order valence-corrected chi connectivity index (χ4v) is 2.41. The Labute approximate surface area is 121 Å². The average molecular weight is 280 g/mol. The first-order valence-corrected chi connectivity index (χ1v) is 6.37. The number of carbonyl (C=O) groups excluding carboxylic acids is 3. The van der Waals surface area contributed by atoms with Crippen LogP contribution in [-0.4, -0.2) is 29.5 Å². The van der Waals surface area contributed by atoms with E-state index in [4.69, 9.17) is 5.73 Å². The maximum atomic E-state index is 12.4. The fraction of sp³-hybridized carbons (Fsp3) is 0.0625. The molecule has 5 heteroatoms. The van der Waals surface area contributed by atoms with E-state index in [2.05, 4.69) is 0 Å². The smallest absolute Gasteiger partial charge is 0.263 e. The largest absolute Gasteiger partial charge is 0.397 e. The number of rotatable bonds is 2. The lowest BCUT2D eigenvalue weighted by Gasteiger charge is -2.08. The van der Waals surface area contributed by atoms with Crippen molar-refractivity contribution in [1.29, 1.82) is 0 Å². The molecule has 2 aromatic carbocycles. The summed E-state index contributed by atoms with van der Waals surface area (Å²) in [5.74, 6) is -1.15. The van der Waals surface area contributed by atoms with Crippen molar-refractivity contribution in [1.82, 2.24) is 4.90 Å². The summed E-state index contributed by atoms with van der Waals surface area (Å²) in [5, 5.41) is 0. The fourth-order valence-electron chi connectivity index (χ4n) is 2.41. The molecule has 1 heterocycles. The highest BCUT2D eigenvalue weighted by Gasteiger charge is 2.36. The first-order valence-electron chi connectivity index (χ1n) is 6.37. The number of nitrogens with zero attached hydrogens (tertiary/aromatic N) is 1. The van der Waals surface area contributed by atoms with Gasteiger partial charge in [0.05, 0.1) is 16.8 Å². The van der Waals surface area contributed by atoms with Crippen molar-refractivity contribution in [2.75, 3.05) is 12.8 Å². The third kappa shape index (κ3) is 1.82. The minimum Gasteiger partial charge on any atom is -0.397 e. The molecule has 2 amide bonds. The topological polar surface area (TPSA) is 80.5 Å². The summed E-state index contributed by atoms with van der Waals surface area (Å²) in [5.41, 5.74) is 7.10. The maximum absolute atomic E-state index is 12.4. The molecule has 2 aromatic rings. The molecule has 0 saturated heterocycles. The molecule has 0 radical (unpaired) electrons. The van der Waals surface area contributed by atoms with Crippen LogP contribution in [0.25, 0.3) is 0 Å². The molecule has 104 valence electrons. The number of hydrogen-bond acceptors (Lipinski definition) is 4. The lowest BCUT2D eigenvalue weighted by molar-refractivity contribution is 0.0693. The van der Waals surface area contributed by atoms with Crippen molar-refractivity contribution < 1.29 is 14.4 Å². The molecule has 0 fully saturated rings. The average Bonchev–Trinajstić information content (AvgIpc) is 2.73. The van der Waals surface area contributed by atoms with Crippen LogP contribution in [0.4, 0.5) is 5.69 Å². The second kappa shape index (κ2) is 4.56. The molecule has 0 atom stereocenters. The summed E-state index contributed by atoms with van der Waals surface area (Å²) in [6, 6.07) is 11.6. The molecule has 0 aromatic heterocycles. The van der Waals surface area contributed by atoms with E-state index in [1.165, 1.54) is 19.2 Å². The summed E-state index contributed by atoms with van der Waals surface area (Å²) in [6.45, 7) is 0. The van der Waals surface area contributed by atoms with E-state index in [1.807, 2.05) is 0 Å². The minimum absolute atomic E-state index is 0.0593. The Morgan fingerprint density at radius 1 is 1.00 bits per heavy atom. The molecule has 0 aliphatic carbocycles. The molecule has 5 nitrogen and oxygen atoms in total. The number of carbonyl (C=O) groups is 3. The Bertz CT molecular complexity index is 782. The van der Waals surface area contributed by atoms with Gasteiger partial charge in [-0.15, -0.1) is 0 Å². The Balaban J connectivity index is 2.14. The first kappa shape index (κ1) is 13.1. The van der Waals surface area contributed by atoms with Gasteiger partial charge in [0, 0.05) is 18.2 Å². The number of fused-ring (bicyclic) bond motifs is 1.